The quantitative estimate of drug-likeness (QED) is 0.279. The molecule has 0 aliphatic carbocycles. The largest absolute Gasteiger partial charge is 0.508 e. The number of piperazine rings is 1. The van der Waals surface area contributed by atoms with Gasteiger partial charge in [-0.2, -0.15) is 0 Å². The number of phenolic OH excluding ortho intramolecular Hbond substituents is 1. The number of urea groups is 1. The first-order valence-corrected chi connectivity index (χ1v) is 16.2. The van der Waals surface area contributed by atoms with Gasteiger partial charge in [0.05, 0.1) is 25.3 Å². The monoisotopic (exact) mass is 632 g/mol. The van der Waals surface area contributed by atoms with Crippen LogP contribution in [0.3, 0.4) is 0 Å². The number of nitrogens with zero attached hydrogens (tertiary/aromatic N) is 4. The fourth-order valence-corrected chi connectivity index (χ4v) is 6.39. The number of ether oxygens (including phenoxy) is 2. The van der Waals surface area contributed by atoms with Gasteiger partial charge in [-0.25, -0.2) is 4.79 Å². The van der Waals surface area contributed by atoms with E-state index in [-0.39, 0.29) is 17.2 Å². The predicted octanol–water partition coefficient (Wildman–Crippen LogP) is 7.44. The third kappa shape index (κ3) is 6.92. The van der Waals surface area contributed by atoms with Crippen molar-refractivity contribution in [3.8, 4) is 17.2 Å². The van der Waals surface area contributed by atoms with Crippen LogP contribution >= 0.6 is 11.6 Å². The highest BCUT2D eigenvalue weighted by molar-refractivity contribution is 6.30. The fourth-order valence-electron chi connectivity index (χ4n) is 6.26. The van der Waals surface area contributed by atoms with Crippen LogP contribution < -0.4 is 9.47 Å². The van der Waals surface area contributed by atoms with Crippen molar-refractivity contribution in [2.24, 2.45) is 4.99 Å². The second-order valence-electron chi connectivity index (χ2n) is 12.7. The number of halogens is 1. The minimum atomic E-state index is -0.481. The molecule has 0 radical (unpaired) electrons. The normalized spacial score (nSPS) is 19.0. The zero-order valence-electron chi connectivity index (χ0n) is 27.2. The molecule has 2 amide bonds. The van der Waals surface area contributed by atoms with Crippen molar-refractivity contribution in [3.05, 3.63) is 87.9 Å². The molecular formula is C36H45ClN4O4. The maximum Gasteiger partial charge on any atom is 0.326 e. The van der Waals surface area contributed by atoms with Gasteiger partial charge in [-0.3, -0.25) is 14.8 Å². The van der Waals surface area contributed by atoms with Crippen molar-refractivity contribution in [2.75, 3.05) is 46.4 Å². The van der Waals surface area contributed by atoms with Gasteiger partial charge in [0.2, 0.25) is 0 Å². The zero-order chi connectivity index (χ0) is 32.3. The lowest BCUT2D eigenvalue weighted by atomic mass is 9.85. The molecule has 2 atom stereocenters. The van der Waals surface area contributed by atoms with Gasteiger partial charge < -0.3 is 19.5 Å². The fraction of sp³-hybridized carbons (Fsp3) is 0.444. The lowest BCUT2D eigenvalue weighted by Gasteiger charge is -2.39. The van der Waals surface area contributed by atoms with E-state index in [0.29, 0.717) is 41.9 Å². The number of aliphatic imine (C=N–C) groups is 1. The van der Waals surface area contributed by atoms with E-state index in [1.807, 2.05) is 65.3 Å². The van der Waals surface area contributed by atoms with E-state index in [4.69, 9.17) is 26.1 Å². The molecule has 9 heteroatoms. The van der Waals surface area contributed by atoms with Crippen LogP contribution in [0.25, 0.3) is 0 Å². The summed E-state index contributed by atoms with van der Waals surface area (Å²) in [6.07, 6.45) is 1.08. The molecule has 3 aromatic carbocycles. The Kier molecular flexibility index (Phi) is 9.94. The first-order valence-electron chi connectivity index (χ1n) is 15.8. The Hall–Kier alpha value is -3.75. The first-order chi connectivity index (χ1) is 21.5. The number of carbonyl (C=O) groups excluding carboxylic acids is 1. The van der Waals surface area contributed by atoms with Crippen LogP contribution in [0.15, 0.2) is 65.7 Å². The molecule has 1 fully saturated rings. The highest BCUT2D eigenvalue weighted by atomic mass is 35.5. The van der Waals surface area contributed by atoms with E-state index in [2.05, 4.69) is 32.6 Å². The molecule has 1 saturated heterocycles. The molecule has 3 aromatic rings. The number of benzene rings is 3. The molecule has 240 valence electrons. The summed E-state index contributed by atoms with van der Waals surface area (Å²) in [7, 11) is 1.65. The molecule has 8 nitrogen and oxygen atoms in total. The molecule has 2 aliphatic heterocycles. The van der Waals surface area contributed by atoms with Crippen LogP contribution in [0.5, 0.6) is 17.2 Å². The van der Waals surface area contributed by atoms with Gasteiger partial charge in [0, 0.05) is 36.8 Å². The Balaban J connectivity index is 1.70. The minimum Gasteiger partial charge on any atom is -0.508 e. The maximum absolute atomic E-state index is 14.8. The molecule has 2 aliphatic rings. The van der Waals surface area contributed by atoms with Crippen LogP contribution in [0, 0.1) is 0 Å². The van der Waals surface area contributed by atoms with E-state index in [9.17, 15) is 9.90 Å². The Bertz CT molecular complexity index is 1510. The molecule has 0 bridgehead atoms. The third-order valence-electron chi connectivity index (χ3n) is 8.55. The summed E-state index contributed by atoms with van der Waals surface area (Å²) >= 11 is 6.30. The second kappa shape index (κ2) is 13.7. The molecule has 2 heterocycles. The standard InChI is InChI=1S/C36H45ClN4O4/c1-7-17-39-18-20-40(21-19-39)35(43)41-33(25-11-15-27(42)16-12-25)32(24-9-13-26(37)14-10-24)38-34(41)28-22-31(45-8-2)29(36(3,4)5)23-30(28)44-6/h9-16,22-23,32-33,42H,7-8,17-21H2,1-6H3. The number of hydrogen-bond donors (Lipinski definition) is 1. The van der Waals surface area contributed by atoms with Crippen LogP contribution in [0.1, 0.15) is 75.4 Å². The van der Waals surface area contributed by atoms with Crippen molar-refractivity contribution in [3.63, 3.8) is 0 Å². The van der Waals surface area contributed by atoms with Crippen molar-refractivity contribution in [1.29, 1.82) is 0 Å². The number of rotatable bonds is 8. The third-order valence-corrected chi connectivity index (χ3v) is 8.80. The van der Waals surface area contributed by atoms with Gasteiger partial charge >= 0.3 is 6.03 Å². The lowest BCUT2D eigenvalue weighted by Crippen LogP contribution is -2.54. The summed E-state index contributed by atoms with van der Waals surface area (Å²) < 4.78 is 12.2. The Morgan fingerprint density at radius 2 is 1.60 bits per heavy atom. The van der Waals surface area contributed by atoms with Crippen molar-refractivity contribution < 1.29 is 19.4 Å². The van der Waals surface area contributed by atoms with Crippen LogP contribution in [0.4, 0.5) is 4.79 Å². The van der Waals surface area contributed by atoms with Crippen molar-refractivity contribution in [2.45, 2.75) is 58.5 Å². The van der Waals surface area contributed by atoms with E-state index in [1.165, 1.54) is 0 Å². The van der Waals surface area contributed by atoms with E-state index in [1.54, 1.807) is 19.2 Å². The van der Waals surface area contributed by atoms with Crippen LogP contribution in [-0.4, -0.2) is 78.1 Å². The number of amides is 2. The summed E-state index contributed by atoms with van der Waals surface area (Å²) in [5, 5.41) is 10.8. The molecule has 5 rings (SSSR count). The molecule has 1 N–H and O–H groups in total. The van der Waals surface area contributed by atoms with Crippen LogP contribution in [0.2, 0.25) is 5.02 Å². The molecule has 45 heavy (non-hydrogen) atoms. The number of methoxy groups -OCH3 is 1. The van der Waals surface area contributed by atoms with Gasteiger partial charge in [0.15, 0.2) is 0 Å². The maximum atomic E-state index is 14.8. The SMILES string of the molecule is CCCN1CCN(C(=O)N2C(c3cc(OCC)c(C(C)(C)C)cc3OC)=NC(c3ccc(Cl)cc3)C2c2ccc(O)cc2)CC1. The van der Waals surface area contributed by atoms with Gasteiger partial charge in [-0.05, 0) is 72.8 Å². The van der Waals surface area contributed by atoms with Crippen molar-refractivity contribution in [1.82, 2.24) is 14.7 Å². The topological polar surface area (TPSA) is 77.8 Å². The highest BCUT2D eigenvalue weighted by Crippen LogP contribution is 2.47. The Morgan fingerprint density at radius 1 is 0.956 bits per heavy atom. The van der Waals surface area contributed by atoms with Gasteiger partial charge in [-0.1, -0.05) is 63.6 Å². The Morgan fingerprint density at radius 3 is 2.18 bits per heavy atom. The average molecular weight is 633 g/mol. The second-order valence-corrected chi connectivity index (χ2v) is 13.1. The molecular weight excluding hydrogens is 588 g/mol. The van der Waals surface area contributed by atoms with E-state index in [0.717, 1.165) is 48.5 Å². The van der Waals surface area contributed by atoms with Gasteiger partial charge in [0.1, 0.15) is 29.1 Å². The first kappa shape index (κ1) is 32.6. The lowest BCUT2D eigenvalue weighted by molar-refractivity contribution is 0.119. The van der Waals surface area contributed by atoms with Gasteiger partial charge in [-0.15, -0.1) is 0 Å². The molecule has 0 saturated carbocycles. The summed E-state index contributed by atoms with van der Waals surface area (Å²) in [5.74, 6) is 2.04. The van der Waals surface area contributed by atoms with Crippen LogP contribution in [-0.2, 0) is 5.41 Å². The molecule has 0 aromatic heterocycles. The number of amidine groups is 1. The minimum absolute atomic E-state index is 0.112. The smallest absolute Gasteiger partial charge is 0.326 e. The van der Waals surface area contributed by atoms with E-state index < -0.39 is 12.1 Å². The number of phenols is 1. The summed E-state index contributed by atoms with van der Waals surface area (Å²) in [4.78, 5) is 26.3. The number of hydrogen-bond acceptors (Lipinski definition) is 6. The average Bonchev–Trinajstić information content (AvgIpc) is 3.42. The highest BCUT2D eigenvalue weighted by Gasteiger charge is 2.45. The number of carbonyl (C=O) groups is 1. The number of aromatic hydroxyl groups is 1. The van der Waals surface area contributed by atoms with Crippen molar-refractivity contribution >= 4 is 23.5 Å². The molecule has 0 spiro atoms. The van der Waals surface area contributed by atoms with E-state index >= 15 is 0 Å². The molecule has 2 unspecified atom stereocenters. The summed E-state index contributed by atoms with van der Waals surface area (Å²) in [5.41, 5.74) is 3.28. The zero-order valence-corrected chi connectivity index (χ0v) is 28.0. The summed E-state index contributed by atoms with van der Waals surface area (Å²) in [6, 6.07) is 17.6. The predicted molar refractivity (Wildman–Crippen MR) is 180 cm³/mol. The van der Waals surface area contributed by atoms with Gasteiger partial charge in [0.25, 0.3) is 0 Å². The Labute approximate surface area is 272 Å². The summed E-state index contributed by atoms with van der Waals surface area (Å²) in [6.45, 7) is 15.0.